The molecule has 7 nitrogen and oxygen atoms in total. The van der Waals surface area contributed by atoms with E-state index in [1.807, 2.05) is 6.92 Å². The SMILES string of the molecule is COc1c(C)c(O[Si](C)(C)C(C)(C)C)c2c(c1O[Si](C)(C)C(C)(C)C)C(=O)[C@@]1(OC)[C@@H]3[C@H](CN21)N3C. The first-order chi connectivity index (χ1) is 16.3. The summed E-state index contributed by atoms with van der Waals surface area (Å²) in [5, 5.41) is -0.0577. The minimum absolute atomic E-state index is 0.00939. The van der Waals surface area contributed by atoms with Crippen LogP contribution in [0.5, 0.6) is 17.2 Å². The summed E-state index contributed by atoms with van der Waals surface area (Å²) in [6.45, 7) is 24.9. The number of nitrogens with zero attached hydrogens (tertiary/aromatic N) is 2. The van der Waals surface area contributed by atoms with E-state index in [9.17, 15) is 4.79 Å². The molecule has 9 heteroatoms. The van der Waals surface area contributed by atoms with Crippen LogP contribution in [0.2, 0.25) is 36.3 Å². The number of hydrogen-bond acceptors (Lipinski definition) is 7. The second kappa shape index (κ2) is 7.97. The van der Waals surface area contributed by atoms with E-state index in [0.29, 0.717) is 23.6 Å². The Morgan fingerprint density at radius 1 is 0.889 bits per heavy atom. The zero-order chi connectivity index (χ0) is 27.4. The van der Waals surface area contributed by atoms with Gasteiger partial charge in [-0.05, 0) is 50.2 Å². The lowest BCUT2D eigenvalue weighted by atomic mass is 9.98. The number of benzene rings is 1. The largest absolute Gasteiger partial charge is 0.542 e. The third-order valence-electron chi connectivity index (χ3n) is 9.64. The zero-order valence-corrected chi connectivity index (χ0v) is 26.8. The summed E-state index contributed by atoms with van der Waals surface area (Å²) in [6, 6.07) is 0.296. The van der Waals surface area contributed by atoms with E-state index in [4.69, 9.17) is 18.3 Å². The number of piperazine rings is 1. The molecule has 3 aliphatic heterocycles. The Kier molecular flexibility index (Phi) is 6.09. The molecule has 202 valence electrons. The average Bonchev–Trinajstić information content (AvgIpc) is 3.12. The Morgan fingerprint density at radius 2 is 1.39 bits per heavy atom. The molecule has 4 rings (SSSR count). The van der Waals surface area contributed by atoms with Crippen molar-refractivity contribution in [2.24, 2.45) is 0 Å². The van der Waals surface area contributed by atoms with Crippen molar-refractivity contribution >= 4 is 28.1 Å². The molecule has 0 aliphatic carbocycles. The van der Waals surface area contributed by atoms with Gasteiger partial charge in [-0.15, -0.1) is 0 Å². The molecule has 0 saturated carbocycles. The Hall–Kier alpha value is -1.56. The monoisotopic (exact) mass is 534 g/mol. The molecule has 36 heavy (non-hydrogen) atoms. The third kappa shape index (κ3) is 3.52. The Balaban J connectivity index is 2.03. The molecule has 1 aromatic carbocycles. The maximum atomic E-state index is 14.5. The average molecular weight is 535 g/mol. The highest BCUT2D eigenvalue weighted by Crippen LogP contribution is 2.62. The Morgan fingerprint density at radius 3 is 1.83 bits per heavy atom. The minimum atomic E-state index is -2.31. The summed E-state index contributed by atoms with van der Waals surface area (Å²) in [5.74, 6) is 1.83. The fraction of sp³-hybridized carbons (Fsp3) is 0.741. The molecule has 1 unspecified atom stereocenters. The van der Waals surface area contributed by atoms with Gasteiger partial charge in [0.15, 0.2) is 11.5 Å². The maximum Gasteiger partial charge on any atom is 0.250 e. The van der Waals surface area contributed by atoms with E-state index in [0.717, 1.165) is 17.0 Å². The zero-order valence-electron chi connectivity index (χ0n) is 24.8. The number of methoxy groups -OCH3 is 2. The summed E-state index contributed by atoms with van der Waals surface area (Å²) in [4.78, 5) is 18.9. The third-order valence-corrected chi connectivity index (χ3v) is 18.3. The van der Waals surface area contributed by atoms with Crippen molar-refractivity contribution in [3.63, 3.8) is 0 Å². The highest BCUT2D eigenvalue weighted by atomic mass is 28.4. The lowest BCUT2D eigenvalue weighted by molar-refractivity contribution is 0.00285. The van der Waals surface area contributed by atoms with Gasteiger partial charge in [0, 0.05) is 25.3 Å². The number of hydrogen-bond donors (Lipinski definition) is 0. The number of fused-ring (bicyclic) bond motifs is 5. The van der Waals surface area contributed by atoms with Crippen LogP contribution in [-0.4, -0.2) is 72.9 Å². The predicted octanol–water partition coefficient (Wildman–Crippen LogP) is 5.81. The molecule has 2 saturated heterocycles. The summed E-state index contributed by atoms with van der Waals surface area (Å²) in [6.07, 6.45) is 0. The van der Waals surface area contributed by atoms with Crippen LogP contribution >= 0.6 is 0 Å². The van der Waals surface area contributed by atoms with Gasteiger partial charge in [0.25, 0.3) is 16.6 Å². The molecule has 0 N–H and O–H groups in total. The lowest BCUT2D eigenvalue weighted by Crippen LogP contribution is -2.55. The van der Waals surface area contributed by atoms with Gasteiger partial charge in [-0.1, -0.05) is 41.5 Å². The van der Waals surface area contributed by atoms with Gasteiger partial charge in [-0.2, -0.15) is 0 Å². The van der Waals surface area contributed by atoms with Crippen molar-refractivity contribution in [3.05, 3.63) is 11.1 Å². The van der Waals surface area contributed by atoms with E-state index < -0.39 is 22.4 Å². The fourth-order valence-electron chi connectivity index (χ4n) is 5.21. The molecule has 4 atom stereocenters. The number of likely N-dealkylation sites (N-methyl/N-ethyl adjacent to an activating group) is 1. The van der Waals surface area contributed by atoms with Crippen LogP contribution < -0.4 is 18.5 Å². The van der Waals surface area contributed by atoms with Crippen LogP contribution in [0.25, 0.3) is 0 Å². The second-order valence-corrected chi connectivity index (χ2v) is 23.2. The first-order valence-corrected chi connectivity index (χ1v) is 18.8. The van der Waals surface area contributed by atoms with Crippen molar-refractivity contribution in [3.8, 4) is 17.2 Å². The van der Waals surface area contributed by atoms with Gasteiger partial charge < -0.3 is 23.2 Å². The van der Waals surface area contributed by atoms with Crippen LogP contribution in [0.1, 0.15) is 57.5 Å². The summed E-state index contributed by atoms with van der Waals surface area (Å²) < 4.78 is 26.1. The van der Waals surface area contributed by atoms with Gasteiger partial charge in [0.2, 0.25) is 11.5 Å². The molecule has 0 amide bonds. The van der Waals surface area contributed by atoms with Crippen molar-refractivity contribution < 1.29 is 23.1 Å². The Bertz CT molecular complexity index is 1110. The molecule has 3 heterocycles. The summed E-state index contributed by atoms with van der Waals surface area (Å²) in [5.41, 5.74) is 1.18. The van der Waals surface area contributed by atoms with Crippen LogP contribution in [0.4, 0.5) is 5.69 Å². The van der Waals surface area contributed by atoms with Crippen molar-refractivity contribution in [2.45, 2.75) is 103 Å². The highest BCUT2D eigenvalue weighted by Gasteiger charge is 2.75. The van der Waals surface area contributed by atoms with Crippen molar-refractivity contribution in [2.75, 3.05) is 32.7 Å². The summed E-state index contributed by atoms with van der Waals surface area (Å²) >= 11 is 0. The molecule has 0 radical (unpaired) electrons. The standard InChI is InChI=1S/C27H46N2O5Si2/c1-16-20(33-35(11,12)25(2,3)4)19-18(22(21(16)31-9)34-36(13,14)26(5,6)7)24(30)27(32-10)23-17(28(23)8)15-29(19)27/h17,23H,15H2,1-14H3/t17-,23-,27-,28?/m0/s1. The van der Waals surface area contributed by atoms with Crippen LogP contribution in [-0.2, 0) is 4.74 Å². The first-order valence-electron chi connectivity index (χ1n) is 13.0. The molecule has 2 fully saturated rings. The Labute approximate surface area is 219 Å². The molecule has 0 aromatic heterocycles. The topological polar surface area (TPSA) is 60.2 Å². The van der Waals surface area contributed by atoms with Crippen LogP contribution in [0, 0.1) is 6.92 Å². The molecule has 3 aliphatic rings. The number of carbonyl (C=O) groups excluding carboxylic acids is 1. The van der Waals surface area contributed by atoms with Crippen molar-refractivity contribution in [1.82, 2.24) is 4.90 Å². The summed E-state index contributed by atoms with van der Waals surface area (Å²) in [7, 11) is 0.815. The van der Waals surface area contributed by atoms with E-state index in [1.165, 1.54) is 0 Å². The van der Waals surface area contributed by atoms with Gasteiger partial charge in [-0.3, -0.25) is 9.69 Å². The van der Waals surface area contributed by atoms with Gasteiger partial charge in [0.1, 0.15) is 5.75 Å². The van der Waals surface area contributed by atoms with E-state index >= 15 is 0 Å². The van der Waals surface area contributed by atoms with Gasteiger partial charge in [-0.25, -0.2) is 0 Å². The number of ketones is 1. The molecular weight excluding hydrogens is 488 g/mol. The second-order valence-electron chi connectivity index (χ2n) is 13.8. The molecule has 1 aromatic rings. The van der Waals surface area contributed by atoms with E-state index in [-0.39, 0.29) is 27.9 Å². The van der Waals surface area contributed by atoms with E-state index in [1.54, 1.807) is 14.2 Å². The van der Waals surface area contributed by atoms with E-state index in [2.05, 4.69) is 84.6 Å². The van der Waals surface area contributed by atoms with Crippen molar-refractivity contribution in [1.29, 1.82) is 0 Å². The predicted molar refractivity (Wildman–Crippen MR) is 150 cm³/mol. The lowest BCUT2D eigenvalue weighted by Gasteiger charge is -2.40. The van der Waals surface area contributed by atoms with Gasteiger partial charge in [0.05, 0.1) is 24.4 Å². The highest BCUT2D eigenvalue weighted by molar-refractivity contribution is 6.75. The first kappa shape index (κ1) is 27.5. The normalized spacial score (nSPS) is 27.6. The number of ether oxygens (including phenoxy) is 2. The quantitative estimate of drug-likeness (QED) is 0.337. The molecule has 0 bridgehead atoms. The minimum Gasteiger partial charge on any atom is -0.542 e. The maximum absolute atomic E-state index is 14.5. The van der Waals surface area contributed by atoms with Crippen LogP contribution in [0.3, 0.4) is 0 Å². The number of rotatable bonds is 6. The smallest absolute Gasteiger partial charge is 0.250 e. The number of carbonyl (C=O) groups is 1. The van der Waals surface area contributed by atoms with Crippen LogP contribution in [0.15, 0.2) is 0 Å². The number of anilines is 1. The fourth-order valence-corrected chi connectivity index (χ4v) is 7.28. The van der Waals surface area contributed by atoms with Gasteiger partial charge >= 0.3 is 0 Å². The molecule has 0 spiro atoms. The molecular formula is C27H46N2O5Si2. The number of Topliss-reactive ketones (excluding diaryl/α,β-unsaturated/α-hetero) is 1.